The molecule has 0 unspecified atom stereocenters. The van der Waals surface area contributed by atoms with E-state index in [2.05, 4.69) is 10.3 Å². The number of fused-ring (bicyclic) bond motifs is 2. The quantitative estimate of drug-likeness (QED) is 0.765. The standard InChI is InChI=1S/C18H14N2O4S/c1-3-14-16(22-6-5-21-14)7-11(1)13-9-25-18(20-13)19-12-2-4-15-17(8-12)24-10-23-15/h1-4,7-9H,5-6,10H2,(H,19,20). The zero-order valence-corrected chi connectivity index (χ0v) is 14.0. The maximum atomic E-state index is 5.64. The molecule has 25 heavy (non-hydrogen) atoms. The second kappa shape index (κ2) is 5.86. The van der Waals surface area contributed by atoms with Crippen LogP contribution in [0.15, 0.2) is 41.8 Å². The molecule has 126 valence electrons. The summed E-state index contributed by atoms with van der Waals surface area (Å²) in [6.07, 6.45) is 0. The number of ether oxygens (including phenoxy) is 4. The first-order valence-corrected chi connectivity index (χ1v) is 8.75. The molecule has 0 saturated heterocycles. The highest BCUT2D eigenvalue weighted by molar-refractivity contribution is 7.14. The largest absolute Gasteiger partial charge is 0.486 e. The minimum Gasteiger partial charge on any atom is -0.486 e. The molecule has 2 aromatic carbocycles. The molecule has 5 rings (SSSR count). The van der Waals surface area contributed by atoms with Gasteiger partial charge in [0, 0.05) is 22.7 Å². The maximum absolute atomic E-state index is 5.64. The van der Waals surface area contributed by atoms with E-state index in [0.717, 1.165) is 45.1 Å². The minimum absolute atomic E-state index is 0.268. The molecular weight excluding hydrogens is 340 g/mol. The van der Waals surface area contributed by atoms with Gasteiger partial charge in [-0.1, -0.05) is 0 Å². The number of nitrogens with zero attached hydrogens (tertiary/aromatic N) is 1. The normalized spacial score (nSPS) is 14.4. The fraction of sp³-hybridized carbons (Fsp3) is 0.167. The number of rotatable bonds is 3. The highest BCUT2D eigenvalue weighted by atomic mass is 32.1. The van der Waals surface area contributed by atoms with Gasteiger partial charge in [0.1, 0.15) is 13.2 Å². The van der Waals surface area contributed by atoms with Gasteiger partial charge in [0.05, 0.1) is 5.69 Å². The van der Waals surface area contributed by atoms with Crippen LogP contribution in [0.25, 0.3) is 11.3 Å². The Kier molecular flexibility index (Phi) is 3.38. The van der Waals surface area contributed by atoms with E-state index in [1.54, 1.807) is 11.3 Å². The summed E-state index contributed by atoms with van der Waals surface area (Å²) >= 11 is 1.54. The Bertz CT molecular complexity index is 941. The molecule has 1 N–H and O–H groups in total. The van der Waals surface area contributed by atoms with Crippen molar-refractivity contribution in [3.63, 3.8) is 0 Å². The number of anilines is 2. The van der Waals surface area contributed by atoms with Gasteiger partial charge in [-0.15, -0.1) is 11.3 Å². The molecular formula is C18H14N2O4S. The molecule has 0 spiro atoms. The number of nitrogens with one attached hydrogen (secondary N) is 1. The van der Waals surface area contributed by atoms with Crippen molar-refractivity contribution in [1.29, 1.82) is 0 Å². The van der Waals surface area contributed by atoms with E-state index in [1.165, 1.54) is 0 Å². The molecule has 3 heterocycles. The Morgan fingerprint density at radius 3 is 2.56 bits per heavy atom. The van der Waals surface area contributed by atoms with Crippen molar-refractivity contribution in [2.75, 3.05) is 25.3 Å². The van der Waals surface area contributed by atoms with Gasteiger partial charge in [0.2, 0.25) is 6.79 Å². The van der Waals surface area contributed by atoms with Crippen LogP contribution in [0.2, 0.25) is 0 Å². The van der Waals surface area contributed by atoms with Crippen LogP contribution in [0.1, 0.15) is 0 Å². The van der Waals surface area contributed by atoms with Crippen LogP contribution in [0.3, 0.4) is 0 Å². The van der Waals surface area contributed by atoms with Gasteiger partial charge in [-0.3, -0.25) is 0 Å². The van der Waals surface area contributed by atoms with Crippen molar-refractivity contribution in [1.82, 2.24) is 4.98 Å². The van der Waals surface area contributed by atoms with Gasteiger partial charge < -0.3 is 24.3 Å². The van der Waals surface area contributed by atoms with Gasteiger partial charge in [0.15, 0.2) is 28.1 Å². The molecule has 1 aromatic heterocycles. The zero-order chi connectivity index (χ0) is 16.6. The lowest BCUT2D eigenvalue weighted by Gasteiger charge is -2.18. The molecule has 0 fully saturated rings. The maximum Gasteiger partial charge on any atom is 0.231 e. The van der Waals surface area contributed by atoms with E-state index in [9.17, 15) is 0 Å². The Morgan fingerprint density at radius 2 is 1.60 bits per heavy atom. The van der Waals surface area contributed by atoms with Gasteiger partial charge >= 0.3 is 0 Å². The summed E-state index contributed by atoms with van der Waals surface area (Å²) < 4.78 is 21.9. The number of aromatic nitrogens is 1. The average Bonchev–Trinajstić information content (AvgIpc) is 3.30. The monoisotopic (exact) mass is 354 g/mol. The van der Waals surface area contributed by atoms with Crippen LogP contribution < -0.4 is 24.3 Å². The lowest BCUT2D eigenvalue weighted by atomic mass is 10.1. The van der Waals surface area contributed by atoms with E-state index in [-0.39, 0.29) is 6.79 Å². The van der Waals surface area contributed by atoms with Crippen LogP contribution in [0.4, 0.5) is 10.8 Å². The smallest absolute Gasteiger partial charge is 0.231 e. The highest BCUT2D eigenvalue weighted by Crippen LogP contribution is 2.37. The predicted octanol–water partition coefficient (Wildman–Crippen LogP) is 4.05. The molecule has 0 atom stereocenters. The van der Waals surface area contributed by atoms with Crippen molar-refractivity contribution in [2.45, 2.75) is 0 Å². The van der Waals surface area contributed by atoms with E-state index in [0.29, 0.717) is 13.2 Å². The second-order valence-electron chi connectivity index (χ2n) is 5.59. The van der Waals surface area contributed by atoms with Crippen LogP contribution in [-0.4, -0.2) is 25.0 Å². The first-order valence-electron chi connectivity index (χ1n) is 7.87. The number of hydrogen-bond donors (Lipinski definition) is 1. The highest BCUT2D eigenvalue weighted by Gasteiger charge is 2.15. The van der Waals surface area contributed by atoms with Crippen LogP contribution >= 0.6 is 11.3 Å². The first-order chi connectivity index (χ1) is 12.3. The molecule has 0 radical (unpaired) electrons. The van der Waals surface area contributed by atoms with E-state index in [1.807, 2.05) is 41.8 Å². The lowest BCUT2D eigenvalue weighted by Crippen LogP contribution is -2.15. The van der Waals surface area contributed by atoms with Gasteiger partial charge in [-0.05, 0) is 30.3 Å². The first kappa shape index (κ1) is 14.4. The Labute approximate surface area is 147 Å². The molecule has 0 amide bonds. The zero-order valence-electron chi connectivity index (χ0n) is 13.2. The predicted molar refractivity (Wildman–Crippen MR) is 94.4 cm³/mol. The Balaban J connectivity index is 1.38. The van der Waals surface area contributed by atoms with Gasteiger partial charge in [0.25, 0.3) is 0 Å². The molecule has 2 aliphatic heterocycles. The summed E-state index contributed by atoms with van der Waals surface area (Å²) in [6.45, 7) is 1.43. The topological polar surface area (TPSA) is 61.8 Å². The van der Waals surface area contributed by atoms with Crippen molar-refractivity contribution < 1.29 is 18.9 Å². The summed E-state index contributed by atoms with van der Waals surface area (Å²) in [5.74, 6) is 3.06. The van der Waals surface area contributed by atoms with E-state index >= 15 is 0 Å². The summed E-state index contributed by atoms with van der Waals surface area (Å²) in [5, 5.41) is 6.13. The summed E-state index contributed by atoms with van der Waals surface area (Å²) in [6, 6.07) is 11.6. The molecule has 6 nitrogen and oxygen atoms in total. The van der Waals surface area contributed by atoms with E-state index < -0.39 is 0 Å². The summed E-state index contributed by atoms with van der Waals surface area (Å²) in [5.41, 5.74) is 2.80. The average molecular weight is 354 g/mol. The Morgan fingerprint density at radius 1 is 0.840 bits per heavy atom. The van der Waals surface area contributed by atoms with E-state index in [4.69, 9.17) is 18.9 Å². The Hall–Kier alpha value is -2.93. The van der Waals surface area contributed by atoms with Crippen LogP contribution in [-0.2, 0) is 0 Å². The van der Waals surface area contributed by atoms with Crippen molar-refractivity contribution in [2.24, 2.45) is 0 Å². The number of hydrogen-bond acceptors (Lipinski definition) is 7. The molecule has 7 heteroatoms. The second-order valence-corrected chi connectivity index (χ2v) is 6.45. The molecule has 2 aliphatic rings. The molecule has 0 saturated carbocycles. The minimum atomic E-state index is 0.268. The third kappa shape index (κ3) is 2.72. The third-order valence-corrected chi connectivity index (χ3v) is 4.72. The summed E-state index contributed by atoms with van der Waals surface area (Å²) in [7, 11) is 0. The van der Waals surface area contributed by atoms with Crippen molar-refractivity contribution >= 4 is 22.2 Å². The third-order valence-electron chi connectivity index (χ3n) is 3.97. The molecule has 3 aromatic rings. The molecule has 0 bridgehead atoms. The van der Waals surface area contributed by atoms with Crippen molar-refractivity contribution in [3.8, 4) is 34.3 Å². The summed E-state index contributed by atoms with van der Waals surface area (Å²) in [4.78, 5) is 4.66. The van der Waals surface area contributed by atoms with Crippen molar-refractivity contribution in [3.05, 3.63) is 41.8 Å². The SMILES string of the molecule is c1cc2c(cc1Nc1nc(-c3ccc4c(c3)OCCO4)cs1)OCO2. The molecule has 0 aliphatic carbocycles. The van der Waals surface area contributed by atoms with Crippen LogP contribution in [0.5, 0.6) is 23.0 Å². The van der Waals surface area contributed by atoms with Gasteiger partial charge in [-0.25, -0.2) is 4.98 Å². The lowest BCUT2D eigenvalue weighted by molar-refractivity contribution is 0.171. The number of thiazole rings is 1. The number of benzene rings is 2. The van der Waals surface area contributed by atoms with Gasteiger partial charge in [-0.2, -0.15) is 0 Å². The fourth-order valence-corrected chi connectivity index (χ4v) is 3.50. The fourth-order valence-electron chi connectivity index (χ4n) is 2.76. The van der Waals surface area contributed by atoms with Crippen LogP contribution in [0, 0.1) is 0 Å².